The highest BCUT2D eigenvalue weighted by Gasteiger charge is 2.07. The summed E-state index contributed by atoms with van der Waals surface area (Å²) in [7, 11) is 0. The average Bonchev–Trinajstić information content (AvgIpc) is 2.99. The van der Waals surface area contributed by atoms with Gasteiger partial charge in [0.05, 0.1) is 6.54 Å². The van der Waals surface area contributed by atoms with Crippen molar-refractivity contribution >= 4 is 17.2 Å². The van der Waals surface area contributed by atoms with Crippen LogP contribution in [0.25, 0.3) is 0 Å². The van der Waals surface area contributed by atoms with E-state index in [0.29, 0.717) is 17.8 Å². The number of aliphatic hydroxyl groups excluding tert-OH is 1. The molecule has 2 aromatic heterocycles. The molecule has 2 aromatic rings. The second-order valence-electron chi connectivity index (χ2n) is 4.30. The maximum absolute atomic E-state index is 12.0. The third-order valence-corrected chi connectivity index (χ3v) is 4.03. The predicted molar refractivity (Wildman–Crippen MR) is 83.1 cm³/mol. The van der Waals surface area contributed by atoms with Gasteiger partial charge in [0.25, 0.3) is 5.91 Å². The van der Waals surface area contributed by atoms with Crippen molar-refractivity contribution in [3.63, 3.8) is 0 Å². The van der Waals surface area contributed by atoms with Gasteiger partial charge < -0.3 is 10.4 Å². The van der Waals surface area contributed by atoms with Crippen LogP contribution in [-0.4, -0.2) is 22.6 Å². The summed E-state index contributed by atoms with van der Waals surface area (Å²) in [5.74, 6) is 5.06. The Morgan fingerprint density at radius 1 is 1.33 bits per heavy atom. The lowest BCUT2D eigenvalue weighted by molar-refractivity contribution is 0.0946. The molecule has 108 valence electrons. The number of hydrogen-bond acceptors (Lipinski definition) is 4. The third kappa shape index (κ3) is 4.42. The van der Waals surface area contributed by atoms with Crippen molar-refractivity contribution in [3.05, 3.63) is 51.5 Å². The predicted octanol–water partition coefficient (Wildman–Crippen LogP) is 1.98. The van der Waals surface area contributed by atoms with Crippen LogP contribution in [0, 0.1) is 11.8 Å². The molecule has 0 spiro atoms. The van der Waals surface area contributed by atoms with E-state index in [1.807, 2.05) is 6.07 Å². The molecule has 4 nitrogen and oxygen atoms in total. The smallest absolute Gasteiger partial charge is 0.270 e. The number of aromatic nitrogens is 1. The molecule has 0 atom stereocenters. The molecule has 2 heterocycles. The van der Waals surface area contributed by atoms with E-state index in [1.165, 1.54) is 11.1 Å². The van der Waals surface area contributed by atoms with Crippen LogP contribution in [0.4, 0.5) is 0 Å². The number of aryl methyl sites for hydroxylation is 1. The first-order chi connectivity index (χ1) is 10.2. The van der Waals surface area contributed by atoms with Crippen LogP contribution in [0.2, 0.25) is 0 Å². The summed E-state index contributed by atoms with van der Waals surface area (Å²) in [6, 6.07) is 7.46. The Labute approximate surface area is 127 Å². The van der Waals surface area contributed by atoms with E-state index in [1.54, 1.807) is 23.5 Å². The fraction of sp³-hybridized carbons (Fsp3) is 0.250. The van der Waals surface area contributed by atoms with Crippen LogP contribution >= 0.6 is 11.3 Å². The van der Waals surface area contributed by atoms with Crippen molar-refractivity contribution in [2.75, 3.05) is 6.61 Å². The van der Waals surface area contributed by atoms with Gasteiger partial charge in [0.1, 0.15) is 12.3 Å². The minimum atomic E-state index is -0.205. The summed E-state index contributed by atoms with van der Waals surface area (Å²) in [4.78, 5) is 18.5. The van der Waals surface area contributed by atoms with Crippen LogP contribution in [-0.2, 0) is 13.0 Å². The Hall–Kier alpha value is -2.16. The van der Waals surface area contributed by atoms with E-state index >= 15 is 0 Å². The van der Waals surface area contributed by atoms with Gasteiger partial charge in [-0.25, -0.2) is 4.98 Å². The Bertz CT molecular complexity index is 666. The van der Waals surface area contributed by atoms with Gasteiger partial charge in [-0.15, -0.1) is 11.3 Å². The van der Waals surface area contributed by atoms with Crippen LogP contribution in [0.15, 0.2) is 30.5 Å². The van der Waals surface area contributed by atoms with Crippen molar-refractivity contribution in [1.29, 1.82) is 0 Å². The summed E-state index contributed by atoms with van der Waals surface area (Å²) >= 11 is 1.70. The van der Waals surface area contributed by atoms with Gasteiger partial charge in [0, 0.05) is 21.5 Å². The molecule has 0 aromatic carbocycles. The molecule has 0 saturated carbocycles. The number of pyridine rings is 1. The molecule has 5 heteroatoms. The topological polar surface area (TPSA) is 62.2 Å². The lowest BCUT2D eigenvalue weighted by Crippen LogP contribution is -2.23. The van der Waals surface area contributed by atoms with E-state index in [0.717, 1.165) is 11.3 Å². The summed E-state index contributed by atoms with van der Waals surface area (Å²) in [5.41, 5.74) is 1.03. The van der Waals surface area contributed by atoms with E-state index in [-0.39, 0.29) is 12.5 Å². The van der Waals surface area contributed by atoms with Crippen molar-refractivity contribution in [2.24, 2.45) is 0 Å². The molecule has 0 saturated heterocycles. The molecule has 1 amide bonds. The largest absolute Gasteiger partial charge is 0.384 e. The van der Waals surface area contributed by atoms with E-state index in [4.69, 9.17) is 5.11 Å². The van der Waals surface area contributed by atoms with Crippen molar-refractivity contribution in [2.45, 2.75) is 19.9 Å². The lowest BCUT2D eigenvalue weighted by atomic mass is 10.2. The SMILES string of the molecule is CCc1ccc(CNC(=O)c2ccc(C#CCO)cn2)s1. The molecule has 2 rings (SSSR count). The number of nitrogens with zero attached hydrogens (tertiary/aromatic N) is 1. The Morgan fingerprint density at radius 2 is 2.14 bits per heavy atom. The van der Waals surface area contributed by atoms with Gasteiger partial charge in [0.15, 0.2) is 0 Å². The number of hydrogen-bond donors (Lipinski definition) is 2. The van der Waals surface area contributed by atoms with Gasteiger partial charge in [-0.1, -0.05) is 18.8 Å². The van der Waals surface area contributed by atoms with E-state index < -0.39 is 0 Å². The van der Waals surface area contributed by atoms with Crippen LogP contribution in [0.5, 0.6) is 0 Å². The third-order valence-electron chi connectivity index (χ3n) is 2.80. The quantitative estimate of drug-likeness (QED) is 0.849. The van der Waals surface area contributed by atoms with Crippen molar-refractivity contribution < 1.29 is 9.90 Å². The number of carbonyl (C=O) groups is 1. The number of nitrogens with one attached hydrogen (secondary N) is 1. The van der Waals surface area contributed by atoms with Gasteiger partial charge in [0.2, 0.25) is 0 Å². The zero-order valence-corrected chi connectivity index (χ0v) is 12.5. The molecule has 0 bridgehead atoms. The molecule has 0 aliphatic carbocycles. The second-order valence-corrected chi connectivity index (χ2v) is 5.55. The molecular formula is C16H16N2O2S. The molecular weight excluding hydrogens is 284 g/mol. The van der Waals surface area contributed by atoms with Crippen LogP contribution in [0.3, 0.4) is 0 Å². The average molecular weight is 300 g/mol. The number of amides is 1. The number of aliphatic hydroxyl groups is 1. The number of thiophene rings is 1. The Kier molecular flexibility index (Phi) is 5.50. The zero-order chi connectivity index (χ0) is 15.1. The summed E-state index contributed by atoms with van der Waals surface area (Å²) in [5, 5.41) is 11.5. The molecule has 0 fully saturated rings. The fourth-order valence-corrected chi connectivity index (χ4v) is 2.61. The van der Waals surface area contributed by atoms with Gasteiger partial charge >= 0.3 is 0 Å². The first-order valence-corrected chi connectivity index (χ1v) is 7.46. The zero-order valence-electron chi connectivity index (χ0n) is 11.7. The second kappa shape index (κ2) is 7.58. The first-order valence-electron chi connectivity index (χ1n) is 6.64. The minimum Gasteiger partial charge on any atom is -0.384 e. The lowest BCUT2D eigenvalue weighted by Gasteiger charge is -2.03. The molecule has 0 aliphatic heterocycles. The minimum absolute atomic E-state index is 0.192. The molecule has 0 radical (unpaired) electrons. The van der Waals surface area contributed by atoms with Gasteiger partial charge in [-0.05, 0) is 30.7 Å². The van der Waals surface area contributed by atoms with E-state index in [2.05, 4.69) is 35.1 Å². The van der Waals surface area contributed by atoms with Crippen molar-refractivity contribution in [1.82, 2.24) is 10.3 Å². The highest BCUT2D eigenvalue weighted by molar-refractivity contribution is 7.11. The Morgan fingerprint density at radius 3 is 2.76 bits per heavy atom. The first kappa shape index (κ1) is 15.2. The molecule has 0 unspecified atom stereocenters. The standard InChI is InChI=1S/C16H16N2O2S/c1-2-13-6-7-14(21-13)11-18-16(20)15-8-5-12(10-17-15)4-3-9-19/h5-8,10,19H,2,9,11H2,1H3,(H,18,20). The summed E-state index contributed by atoms with van der Waals surface area (Å²) < 4.78 is 0. The van der Waals surface area contributed by atoms with Gasteiger partial charge in [-0.3, -0.25) is 4.79 Å². The van der Waals surface area contributed by atoms with Crippen molar-refractivity contribution in [3.8, 4) is 11.8 Å². The maximum atomic E-state index is 12.0. The monoisotopic (exact) mass is 300 g/mol. The fourth-order valence-electron chi connectivity index (χ4n) is 1.71. The Balaban J connectivity index is 1.93. The maximum Gasteiger partial charge on any atom is 0.270 e. The summed E-state index contributed by atoms with van der Waals surface area (Å²) in [6.45, 7) is 2.43. The normalized spacial score (nSPS) is 9.81. The van der Waals surface area contributed by atoms with Crippen LogP contribution < -0.4 is 5.32 Å². The van der Waals surface area contributed by atoms with Gasteiger partial charge in [-0.2, -0.15) is 0 Å². The number of rotatable bonds is 4. The highest BCUT2D eigenvalue weighted by atomic mass is 32.1. The summed E-state index contributed by atoms with van der Waals surface area (Å²) in [6.07, 6.45) is 2.54. The highest BCUT2D eigenvalue weighted by Crippen LogP contribution is 2.16. The molecule has 21 heavy (non-hydrogen) atoms. The molecule has 2 N–H and O–H groups in total. The van der Waals surface area contributed by atoms with E-state index in [9.17, 15) is 4.79 Å². The van der Waals surface area contributed by atoms with Crippen LogP contribution in [0.1, 0.15) is 32.7 Å². The molecule has 0 aliphatic rings. The number of carbonyl (C=O) groups excluding carboxylic acids is 1.